The number of ether oxygens (including phenoxy) is 1. The van der Waals surface area contributed by atoms with Crippen LogP contribution in [0.15, 0.2) is 48.0 Å². The van der Waals surface area contributed by atoms with Crippen LogP contribution in [0.3, 0.4) is 0 Å². The number of esters is 1. The molecule has 1 amide bonds. The molecule has 2 N–H and O–H groups in total. The van der Waals surface area contributed by atoms with Crippen LogP contribution in [-0.2, 0) is 14.3 Å². The number of aliphatic hydroxyl groups is 1. The highest BCUT2D eigenvalue weighted by Crippen LogP contribution is 2.44. The molecule has 2 aromatic carbocycles. The quantitative estimate of drug-likeness (QED) is 0.250. The van der Waals surface area contributed by atoms with Gasteiger partial charge in [0.1, 0.15) is 16.4 Å². The molecule has 174 valence electrons. The molecular formula is C25H22N2O6S. The predicted molar refractivity (Wildman–Crippen MR) is 127 cm³/mol. The number of aromatic nitrogens is 1. The first-order valence-corrected chi connectivity index (χ1v) is 11.2. The highest BCUT2D eigenvalue weighted by atomic mass is 32.1. The van der Waals surface area contributed by atoms with Gasteiger partial charge in [0, 0.05) is 5.56 Å². The van der Waals surface area contributed by atoms with Gasteiger partial charge in [0.2, 0.25) is 0 Å². The van der Waals surface area contributed by atoms with Gasteiger partial charge < -0.3 is 14.9 Å². The molecule has 4 rings (SSSR count). The molecule has 1 unspecified atom stereocenters. The lowest BCUT2D eigenvalue weighted by atomic mass is 9.93. The molecule has 1 aliphatic rings. The molecular weight excluding hydrogens is 456 g/mol. The van der Waals surface area contributed by atoms with E-state index in [1.54, 1.807) is 32.0 Å². The average molecular weight is 479 g/mol. The largest absolute Gasteiger partial charge is 0.508 e. The van der Waals surface area contributed by atoms with Gasteiger partial charge in [-0.05, 0) is 50.1 Å². The van der Waals surface area contributed by atoms with Gasteiger partial charge in [-0.25, -0.2) is 9.78 Å². The van der Waals surface area contributed by atoms with Crippen LogP contribution in [0.2, 0.25) is 0 Å². The van der Waals surface area contributed by atoms with Gasteiger partial charge in [0.25, 0.3) is 5.78 Å². The van der Waals surface area contributed by atoms with Crippen LogP contribution >= 0.6 is 11.3 Å². The Kier molecular flexibility index (Phi) is 5.97. The van der Waals surface area contributed by atoms with Gasteiger partial charge in [-0.3, -0.25) is 14.5 Å². The molecule has 0 saturated carbocycles. The first-order chi connectivity index (χ1) is 16.1. The van der Waals surface area contributed by atoms with Crippen LogP contribution in [0.25, 0.3) is 5.76 Å². The molecule has 1 aliphatic heterocycles. The van der Waals surface area contributed by atoms with Crippen molar-refractivity contribution < 1.29 is 29.3 Å². The average Bonchev–Trinajstić information content (AvgIpc) is 3.32. The smallest absolute Gasteiger partial charge is 0.350 e. The van der Waals surface area contributed by atoms with Crippen LogP contribution in [0.5, 0.6) is 5.75 Å². The number of anilines is 1. The second-order valence-corrected chi connectivity index (χ2v) is 8.96. The van der Waals surface area contributed by atoms with Gasteiger partial charge in [-0.15, -0.1) is 0 Å². The Balaban J connectivity index is 1.97. The van der Waals surface area contributed by atoms with Gasteiger partial charge in [0.05, 0.1) is 24.4 Å². The fourth-order valence-electron chi connectivity index (χ4n) is 3.91. The third-order valence-electron chi connectivity index (χ3n) is 5.66. The van der Waals surface area contributed by atoms with Gasteiger partial charge in [-0.1, -0.05) is 41.2 Å². The molecule has 0 radical (unpaired) electrons. The fraction of sp³-hybridized carbons (Fsp3) is 0.200. The summed E-state index contributed by atoms with van der Waals surface area (Å²) in [6, 6.07) is 10.4. The van der Waals surface area contributed by atoms with Crippen molar-refractivity contribution in [2.75, 3.05) is 12.0 Å². The number of carbonyl (C=O) groups excluding carboxylic acids is 3. The second kappa shape index (κ2) is 8.75. The Morgan fingerprint density at radius 1 is 1.09 bits per heavy atom. The van der Waals surface area contributed by atoms with E-state index < -0.39 is 23.7 Å². The van der Waals surface area contributed by atoms with E-state index in [-0.39, 0.29) is 27.1 Å². The second-order valence-electron chi connectivity index (χ2n) is 7.98. The summed E-state index contributed by atoms with van der Waals surface area (Å²) >= 11 is 0.926. The van der Waals surface area contributed by atoms with E-state index in [1.807, 2.05) is 19.1 Å². The van der Waals surface area contributed by atoms with Crippen molar-refractivity contribution in [3.8, 4) is 5.75 Å². The number of aliphatic hydroxyl groups excluding tert-OH is 1. The number of hydrogen-bond donors (Lipinski definition) is 2. The Morgan fingerprint density at radius 3 is 2.41 bits per heavy atom. The van der Waals surface area contributed by atoms with Crippen molar-refractivity contribution in [1.29, 1.82) is 0 Å². The number of aromatic hydroxyl groups is 1. The minimum Gasteiger partial charge on any atom is -0.508 e. The van der Waals surface area contributed by atoms with E-state index in [9.17, 15) is 24.6 Å². The van der Waals surface area contributed by atoms with Crippen LogP contribution in [0.1, 0.15) is 43.7 Å². The topological polar surface area (TPSA) is 117 Å². The summed E-state index contributed by atoms with van der Waals surface area (Å²) in [6.07, 6.45) is 0. The zero-order chi connectivity index (χ0) is 24.7. The van der Waals surface area contributed by atoms with Crippen molar-refractivity contribution >= 4 is 39.9 Å². The highest BCUT2D eigenvalue weighted by molar-refractivity contribution is 7.17. The van der Waals surface area contributed by atoms with Gasteiger partial charge in [0.15, 0.2) is 5.13 Å². The maximum absolute atomic E-state index is 13.3. The number of Topliss-reactive ketones (excluding diaryl/α,β-unsaturated/α-hetero) is 1. The highest BCUT2D eigenvalue weighted by Gasteiger charge is 2.48. The first kappa shape index (κ1) is 23.2. The van der Waals surface area contributed by atoms with Crippen molar-refractivity contribution in [2.24, 2.45) is 0 Å². The minimum atomic E-state index is -1.02. The van der Waals surface area contributed by atoms with E-state index in [0.29, 0.717) is 16.8 Å². The number of rotatable bonds is 4. The number of phenols is 1. The molecule has 1 atom stereocenters. The number of nitrogens with zero attached hydrogens (tertiary/aromatic N) is 2. The maximum atomic E-state index is 13.3. The van der Waals surface area contributed by atoms with E-state index in [0.717, 1.165) is 22.5 Å². The number of hydrogen-bond acceptors (Lipinski definition) is 8. The molecule has 0 bridgehead atoms. The Bertz CT molecular complexity index is 1360. The summed E-state index contributed by atoms with van der Waals surface area (Å²) in [4.78, 5) is 44.4. The minimum absolute atomic E-state index is 0.00769. The van der Waals surface area contributed by atoms with Crippen molar-refractivity contribution in [3.05, 3.63) is 80.9 Å². The summed E-state index contributed by atoms with van der Waals surface area (Å²) in [5.41, 5.74) is 2.78. The Hall–Kier alpha value is -3.98. The Labute approximate surface area is 199 Å². The predicted octanol–water partition coefficient (Wildman–Crippen LogP) is 4.19. The Morgan fingerprint density at radius 2 is 1.76 bits per heavy atom. The lowest BCUT2D eigenvalue weighted by Gasteiger charge is -2.23. The van der Waals surface area contributed by atoms with Gasteiger partial charge >= 0.3 is 11.9 Å². The number of carbonyl (C=O) groups is 3. The summed E-state index contributed by atoms with van der Waals surface area (Å²) < 4.78 is 4.79. The molecule has 0 aliphatic carbocycles. The van der Waals surface area contributed by atoms with E-state index in [1.165, 1.54) is 24.1 Å². The van der Waals surface area contributed by atoms with E-state index in [2.05, 4.69) is 4.98 Å². The molecule has 1 fully saturated rings. The van der Waals surface area contributed by atoms with Crippen molar-refractivity contribution in [3.63, 3.8) is 0 Å². The number of ketones is 1. The third kappa shape index (κ3) is 3.84. The molecule has 9 heteroatoms. The number of phenolic OH excluding ortho intramolecular Hbond substituents is 1. The van der Waals surface area contributed by atoms with Crippen LogP contribution in [0.4, 0.5) is 5.13 Å². The van der Waals surface area contributed by atoms with Crippen molar-refractivity contribution in [2.45, 2.75) is 26.8 Å². The summed E-state index contributed by atoms with van der Waals surface area (Å²) in [7, 11) is 1.24. The molecule has 1 saturated heterocycles. The molecule has 34 heavy (non-hydrogen) atoms. The zero-order valence-corrected chi connectivity index (χ0v) is 19.8. The molecule has 2 heterocycles. The summed E-state index contributed by atoms with van der Waals surface area (Å²) in [5, 5.41) is 21.2. The van der Waals surface area contributed by atoms with Crippen LogP contribution < -0.4 is 4.90 Å². The van der Waals surface area contributed by atoms with E-state index in [4.69, 9.17) is 4.74 Å². The molecule has 8 nitrogen and oxygen atoms in total. The first-order valence-electron chi connectivity index (χ1n) is 10.4. The number of benzene rings is 2. The lowest BCUT2D eigenvalue weighted by molar-refractivity contribution is -0.132. The standard InChI is InChI=1S/C25H22N2O6S/c1-12-5-6-13(2)17(11-12)20(29)18-19(15-7-9-16(28)10-8-15)27(23(31)21(18)30)25-26-14(3)22(34-25)24(32)33-4/h5-11,19,28-29H,1-4H3. The fourth-order valence-corrected chi connectivity index (χ4v) is 4.92. The monoisotopic (exact) mass is 478 g/mol. The number of aryl methyl sites for hydroxylation is 3. The van der Waals surface area contributed by atoms with Gasteiger partial charge in [-0.2, -0.15) is 0 Å². The SMILES string of the molecule is COC(=O)c1sc(N2C(=O)C(=O)C(=C(O)c3cc(C)ccc3C)C2c2ccc(O)cc2)nc1C. The molecule has 3 aromatic rings. The molecule has 1 aromatic heterocycles. The number of thiazole rings is 1. The lowest BCUT2D eigenvalue weighted by Crippen LogP contribution is -2.29. The summed E-state index contributed by atoms with van der Waals surface area (Å²) in [6.45, 7) is 5.26. The normalized spacial score (nSPS) is 17.3. The number of methoxy groups -OCH3 is 1. The van der Waals surface area contributed by atoms with E-state index >= 15 is 0 Å². The maximum Gasteiger partial charge on any atom is 0.350 e. The number of amides is 1. The zero-order valence-electron chi connectivity index (χ0n) is 18.9. The van der Waals surface area contributed by atoms with Crippen LogP contribution in [0, 0.1) is 20.8 Å². The van der Waals surface area contributed by atoms with Crippen molar-refractivity contribution in [1.82, 2.24) is 4.98 Å². The summed E-state index contributed by atoms with van der Waals surface area (Å²) in [5.74, 6) is -2.65. The van der Waals surface area contributed by atoms with Crippen LogP contribution in [-0.4, -0.2) is 40.0 Å². The third-order valence-corrected chi connectivity index (χ3v) is 6.80. The molecule has 0 spiro atoms.